The predicted molar refractivity (Wildman–Crippen MR) is 71.6 cm³/mol. The van der Waals surface area contributed by atoms with Crippen LogP contribution < -0.4 is 4.74 Å². The third-order valence-electron chi connectivity index (χ3n) is 4.12. The van der Waals surface area contributed by atoms with Gasteiger partial charge in [-0.15, -0.1) is 0 Å². The van der Waals surface area contributed by atoms with E-state index in [2.05, 4.69) is 12.2 Å². The molecule has 3 heteroatoms. The maximum absolute atomic E-state index is 12.1. The van der Waals surface area contributed by atoms with Crippen LogP contribution in [0.2, 0.25) is 0 Å². The monoisotopic (exact) mass is 258 g/mol. The van der Waals surface area contributed by atoms with Crippen molar-refractivity contribution in [2.24, 2.45) is 17.8 Å². The zero-order valence-corrected chi connectivity index (χ0v) is 11.0. The average Bonchev–Trinajstić information content (AvgIpc) is 3.08. The lowest BCUT2D eigenvalue weighted by Gasteiger charge is -2.16. The SMILES string of the molecule is COc1ccc(COC(=O)C2CC3C=CC2C3)cc1. The lowest BCUT2D eigenvalue weighted by Crippen LogP contribution is -2.21. The average molecular weight is 258 g/mol. The zero-order chi connectivity index (χ0) is 13.2. The Hall–Kier alpha value is -1.77. The van der Waals surface area contributed by atoms with Gasteiger partial charge in [0.25, 0.3) is 0 Å². The minimum atomic E-state index is -0.0485. The Bertz CT molecular complexity index is 489. The highest BCUT2D eigenvalue weighted by Gasteiger charge is 2.40. The van der Waals surface area contributed by atoms with Crippen molar-refractivity contribution in [2.45, 2.75) is 19.4 Å². The summed E-state index contributed by atoms with van der Waals surface area (Å²) in [5.74, 6) is 1.85. The molecule has 3 atom stereocenters. The Kier molecular flexibility index (Phi) is 3.28. The molecule has 2 aliphatic carbocycles. The summed E-state index contributed by atoms with van der Waals surface area (Å²) in [6, 6.07) is 7.60. The summed E-state index contributed by atoms with van der Waals surface area (Å²) in [6.45, 7) is 0.348. The first-order valence-corrected chi connectivity index (χ1v) is 6.74. The fraction of sp³-hybridized carbons (Fsp3) is 0.438. The number of hydrogen-bond acceptors (Lipinski definition) is 3. The molecule has 0 saturated heterocycles. The molecule has 19 heavy (non-hydrogen) atoms. The van der Waals surface area contributed by atoms with Crippen LogP contribution in [0.15, 0.2) is 36.4 Å². The number of rotatable bonds is 4. The summed E-state index contributed by atoms with van der Waals surface area (Å²) >= 11 is 0. The van der Waals surface area contributed by atoms with Crippen LogP contribution in [0.1, 0.15) is 18.4 Å². The van der Waals surface area contributed by atoms with Gasteiger partial charge in [0.2, 0.25) is 0 Å². The molecule has 1 aromatic carbocycles. The Morgan fingerprint density at radius 2 is 2.00 bits per heavy atom. The molecule has 3 nitrogen and oxygen atoms in total. The van der Waals surface area contributed by atoms with Crippen LogP contribution in [0.3, 0.4) is 0 Å². The summed E-state index contributed by atoms with van der Waals surface area (Å²) in [5, 5.41) is 0. The molecular formula is C16H18O3. The number of ether oxygens (including phenoxy) is 2. The van der Waals surface area contributed by atoms with Gasteiger partial charge in [-0.25, -0.2) is 0 Å². The van der Waals surface area contributed by atoms with E-state index < -0.39 is 0 Å². The van der Waals surface area contributed by atoms with Crippen molar-refractivity contribution in [2.75, 3.05) is 7.11 Å². The third kappa shape index (κ3) is 2.50. The summed E-state index contributed by atoms with van der Waals surface area (Å²) < 4.78 is 10.5. The largest absolute Gasteiger partial charge is 0.497 e. The van der Waals surface area contributed by atoms with Crippen LogP contribution >= 0.6 is 0 Å². The minimum absolute atomic E-state index is 0.0485. The van der Waals surface area contributed by atoms with Gasteiger partial charge in [0, 0.05) is 0 Å². The third-order valence-corrected chi connectivity index (χ3v) is 4.12. The quantitative estimate of drug-likeness (QED) is 0.615. The van der Waals surface area contributed by atoms with Crippen LogP contribution in [-0.2, 0) is 16.1 Å². The highest BCUT2D eigenvalue weighted by Crippen LogP contribution is 2.43. The van der Waals surface area contributed by atoms with Crippen LogP contribution in [0.5, 0.6) is 5.75 Å². The molecule has 0 radical (unpaired) electrons. The molecule has 0 spiro atoms. The Morgan fingerprint density at radius 3 is 2.58 bits per heavy atom. The van der Waals surface area contributed by atoms with Gasteiger partial charge in [0.1, 0.15) is 12.4 Å². The van der Waals surface area contributed by atoms with E-state index in [-0.39, 0.29) is 11.9 Å². The number of benzene rings is 1. The molecule has 0 heterocycles. The number of carbonyl (C=O) groups is 1. The molecule has 1 aromatic rings. The van der Waals surface area contributed by atoms with Crippen molar-refractivity contribution in [3.63, 3.8) is 0 Å². The standard InChI is InChI=1S/C16H18O3/c1-18-14-6-3-11(4-7-14)10-19-16(17)15-9-12-2-5-13(15)8-12/h2-7,12-13,15H,8-10H2,1H3. The summed E-state index contributed by atoms with van der Waals surface area (Å²) in [7, 11) is 1.64. The van der Waals surface area contributed by atoms with E-state index in [1.165, 1.54) is 0 Å². The molecule has 1 saturated carbocycles. The van der Waals surface area contributed by atoms with Gasteiger partial charge in [-0.05, 0) is 42.4 Å². The van der Waals surface area contributed by atoms with E-state index >= 15 is 0 Å². The molecule has 0 amide bonds. The van der Waals surface area contributed by atoms with Crippen molar-refractivity contribution >= 4 is 5.97 Å². The number of allylic oxidation sites excluding steroid dienone is 2. The number of carbonyl (C=O) groups excluding carboxylic acids is 1. The Labute approximate surface area is 113 Å². The molecular weight excluding hydrogens is 240 g/mol. The van der Waals surface area contributed by atoms with E-state index in [9.17, 15) is 4.79 Å². The Morgan fingerprint density at radius 1 is 1.21 bits per heavy atom. The number of fused-ring (bicyclic) bond motifs is 2. The van der Waals surface area contributed by atoms with Crippen LogP contribution in [0.25, 0.3) is 0 Å². The highest BCUT2D eigenvalue weighted by molar-refractivity contribution is 5.74. The molecule has 2 bridgehead atoms. The fourth-order valence-electron chi connectivity index (χ4n) is 3.03. The number of methoxy groups -OCH3 is 1. The molecule has 3 rings (SSSR count). The second-order valence-electron chi connectivity index (χ2n) is 5.34. The molecule has 1 fully saturated rings. The van der Waals surface area contributed by atoms with Gasteiger partial charge >= 0.3 is 5.97 Å². The van der Waals surface area contributed by atoms with E-state index in [0.717, 1.165) is 24.2 Å². The first-order chi connectivity index (χ1) is 9.26. The molecule has 0 N–H and O–H groups in total. The zero-order valence-electron chi connectivity index (χ0n) is 11.0. The summed E-state index contributed by atoms with van der Waals surface area (Å²) in [5.41, 5.74) is 0.993. The van der Waals surface area contributed by atoms with Gasteiger partial charge in [-0.2, -0.15) is 0 Å². The first kappa shape index (κ1) is 12.3. The summed E-state index contributed by atoms with van der Waals surface area (Å²) in [4.78, 5) is 12.1. The molecule has 100 valence electrons. The minimum Gasteiger partial charge on any atom is -0.497 e. The maximum atomic E-state index is 12.1. The second-order valence-corrected chi connectivity index (χ2v) is 5.34. The molecule has 2 aliphatic rings. The van der Waals surface area contributed by atoms with Crippen molar-refractivity contribution in [1.29, 1.82) is 0 Å². The normalized spacial score (nSPS) is 27.5. The van der Waals surface area contributed by atoms with Crippen LogP contribution in [-0.4, -0.2) is 13.1 Å². The highest BCUT2D eigenvalue weighted by atomic mass is 16.5. The van der Waals surface area contributed by atoms with Crippen molar-refractivity contribution in [3.8, 4) is 5.75 Å². The fourth-order valence-corrected chi connectivity index (χ4v) is 3.03. The molecule has 0 aromatic heterocycles. The van der Waals surface area contributed by atoms with E-state index in [1.54, 1.807) is 7.11 Å². The van der Waals surface area contributed by atoms with Crippen molar-refractivity contribution in [3.05, 3.63) is 42.0 Å². The summed E-state index contributed by atoms with van der Waals surface area (Å²) in [6.07, 6.45) is 6.50. The lowest BCUT2D eigenvalue weighted by atomic mass is 9.94. The van der Waals surface area contributed by atoms with Gasteiger partial charge in [-0.1, -0.05) is 24.3 Å². The molecule has 3 unspecified atom stereocenters. The van der Waals surface area contributed by atoms with Gasteiger partial charge in [-0.3, -0.25) is 4.79 Å². The van der Waals surface area contributed by atoms with E-state index in [4.69, 9.17) is 9.47 Å². The molecule has 0 aliphatic heterocycles. The second kappa shape index (κ2) is 5.08. The number of esters is 1. The topological polar surface area (TPSA) is 35.5 Å². The van der Waals surface area contributed by atoms with E-state index in [0.29, 0.717) is 18.4 Å². The van der Waals surface area contributed by atoms with Crippen LogP contribution in [0.4, 0.5) is 0 Å². The van der Waals surface area contributed by atoms with Gasteiger partial charge in [0.05, 0.1) is 13.0 Å². The van der Waals surface area contributed by atoms with Crippen molar-refractivity contribution in [1.82, 2.24) is 0 Å². The van der Waals surface area contributed by atoms with E-state index in [1.807, 2.05) is 24.3 Å². The van der Waals surface area contributed by atoms with Crippen LogP contribution in [0, 0.1) is 17.8 Å². The predicted octanol–water partition coefficient (Wildman–Crippen LogP) is 2.95. The van der Waals surface area contributed by atoms with Gasteiger partial charge < -0.3 is 9.47 Å². The number of hydrogen-bond donors (Lipinski definition) is 0. The smallest absolute Gasteiger partial charge is 0.309 e. The lowest BCUT2D eigenvalue weighted by molar-refractivity contribution is -0.150. The Balaban J connectivity index is 1.54. The maximum Gasteiger partial charge on any atom is 0.309 e. The van der Waals surface area contributed by atoms with Gasteiger partial charge in [0.15, 0.2) is 0 Å². The first-order valence-electron chi connectivity index (χ1n) is 6.74. The van der Waals surface area contributed by atoms with Crippen molar-refractivity contribution < 1.29 is 14.3 Å².